The van der Waals surface area contributed by atoms with Crippen molar-refractivity contribution in [2.75, 3.05) is 11.4 Å². The van der Waals surface area contributed by atoms with Gasteiger partial charge in [-0.3, -0.25) is 5.73 Å². The SMILES string of the molecule is CCN(C([NH])=S)c1ccccc1. The zero-order valence-corrected chi connectivity index (χ0v) is 7.77. The highest BCUT2D eigenvalue weighted by molar-refractivity contribution is 7.80. The Kier molecular flexibility index (Phi) is 3.05. The van der Waals surface area contributed by atoms with Gasteiger partial charge in [-0.05, 0) is 31.3 Å². The van der Waals surface area contributed by atoms with Crippen molar-refractivity contribution in [3.05, 3.63) is 30.3 Å². The highest BCUT2D eigenvalue weighted by Crippen LogP contribution is 2.12. The zero-order chi connectivity index (χ0) is 8.97. The second kappa shape index (κ2) is 4.07. The van der Waals surface area contributed by atoms with E-state index in [1.165, 1.54) is 0 Å². The molecule has 0 spiro atoms. The van der Waals surface area contributed by atoms with E-state index in [4.69, 9.17) is 18.0 Å². The van der Waals surface area contributed by atoms with Crippen LogP contribution in [0.25, 0.3) is 0 Å². The minimum absolute atomic E-state index is 0.170. The number of hydrogen-bond donors (Lipinski definition) is 0. The fourth-order valence-corrected chi connectivity index (χ4v) is 1.29. The van der Waals surface area contributed by atoms with E-state index in [0.717, 1.165) is 12.2 Å². The average Bonchev–Trinajstić information content (AvgIpc) is 2.07. The van der Waals surface area contributed by atoms with Crippen molar-refractivity contribution >= 4 is 23.0 Å². The van der Waals surface area contributed by atoms with Crippen LogP contribution in [0.15, 0.2) is 30.3 Å². The van der Waals surface area contributed by atoms with Crippen molar-refractivity contribution in [3.8, 4) is 0 Å². The first-order valence-corrected chi connectivity index (χ1v) is 4.24. The summed E-state index contributed by atoms with van der Waals surface area (Å²) in [7, 11) is 0. The summed E-state index contributed by atoms with van der Waals surface area (Å²) in [5, 5.41) is 0.170. The van der Waals surface area contributed by atoms with Crippen molar-refractivity contribution < 1.29 is 0 Å². The van der Waals surface area contributed by atoms with Crippen LogP contribution >= 0.6 is 12.2 Å². The molecule has 0 amide bonds. The van der Waals surface area contributed by atoms with Crippen LogP contribution in [0.4, 0.5) is 5.69 Å². The minimum Gasteiger partial charge on any atom is -0.318 e. The third-order valence-corrected chi connectivity index (χ3v) is 1.85. The molecule has 2 nitrogen and oxygen atoms in total. The van der Waals surface area contributed by atoms with Gasteiger partial charge in [-0.15, -0.1) is 0 Å². The maximum atomic E-state index is 7.33. The number of para-hydroxylation sites is 1. The van der Waals surface area contributed by atoms with Gasteiger partial charge in [0, 0.05) is 12.2 Å². The summed E-state index contributed by atoms with van der Waals surface area (Å²) in [6.07, 6.45) is 0. The molecule has 1 radical (unpaired) electrons. The van der Waals surface area contributed by atoms with Crippen molar-refractivity contribution in [2.24, 2.45) is 0 Å². The molecule has 0 atom stereocenters. The molecule has 0 aromatic heterocycles. The molecule has 0 unspecified atom stereocenters. The molecular weight excluding hydrogens is 168 g/mol. The Bertz CT molecular complexity index is 258. The molecule has 0 fully saturated rings. The van der Waals surface area contributed by atoms with Gasteiger partial charge in [-0.2, -0.15) is 0 Å². The molecular formula is C9H11N2S. The Hall–Kier alpha value is -1.09. The molecule has 0 aliphatic rings. The van der Waals surface area contributed by atoms with Crippen molar-refractivity contribution in [2.45, 2.75) is 6.92 Å². The smallest absolute Gasteiger partial charge is 0.192 e. The normalized spacial score (nSPS) is 9.42. The highest BCUT2D eigenvalue weighted by Gasteiger charge is 2.04. The van der Waals surface area contributed by atoms with E-state index in [-0.39, 0.29) is 5.11 Å². The average molecular weight is 179 g/mol. The van der Waals surface area contributed by atoms with E-state index in [1.54, 1.807) is 4.90 Å². The summed E-state index contributed by atoms with van der Waals surface area (Å²) in [4.78, 5) is 1.77. The Balaban J connectivity index is 2.88. The second-order valence-electron chi connectivity index (χ2n) is 2.38. The van der Waals surface area contributed by atoms with Crippen LogP contribution in [0.5, 0.6) is 0 Å². The molecule has 0 heterocycles. The number of thiocarbonyl (C=S) groups is 1. The summed E-state index contributed by atoms with van der Waals surface area (Å²) < 4.78 is 0. The van der Waals surface area contributed by atoms with E-state index in [9.17, 15) is 0 Å². The quantitative estimate of drug-likeness (QED) is 0.650. The molecule has 3 heteroatoms. The predicted molar refractivity (Wildman–Crippen MR) is 55.2 cm³/mol. The Morgan fingerprint density at radius 2 is 2.00 bits per heavy atom. The topological polar surface area (TPSA) is 27.0 Å². The Labute approximate surface area is 78.0 Å². The molecule has 1 N–H and O–H groups in total. The van der Waals surface area contributed by atoms with Gasteiger partial charge in [-0.1, -0.05) is 18.2 Å². The van der Waals surface area contributed by atoms with Crippen molar-refractivity contribution in [3.63, 3.8) is 0 Å². The van der Waals surface area contributed by atoms with Gasteiger partial charge in [0.25, 0.3) is 0 Å². The molecule has 0 saturated carbocycles. The van der Waals surface area contributed by atoms with E-state index < -0.39 is 0 Å². The lowest BCUT2D eigenvalue weighted by Crippen LogP contribution is -2.29. The number of nitrogens with zero attached hydrogens (tertiary/aromatic N) is 1. The molecule has 63 valence electrons. The summed E-state index contributed by atoms with van der Waals surface area (Å²) in [6, 6.07) is 9.73. The van der Waals surface area contributed by atoms with Crippen molar-refractivity contribution in [1.29, 1.82) is 0 Å². The summed E-state index contributed by atoms with van der Waals surface area (Å²) in [6.45, 7) is 2.72. The van der Waals surface area contributed by atoms with Gasteiger partial charge >= 0.3 is 0 Å². The third-order valence-electron chi connectivity index (χ3n) is 1.63. The molecule has 12 heavy (non-hydrogen) atoms. The maximum Gasteiger partial charge on any atom is 0.192 e. The number of rotatable bonds is 2. The summed E-state index contributed by atoms with van der Waals surface area (Å²) >= 11 is 4.79. The minimum atomic E-state index is 0.170. The fraction of sp³-hybridized carbons (Fsp3) is 0.222. The predicted octanol–water partition coefficient (Wildman–Crippen LogP) is 2.08. The Morgan fingerprint density at radius 3 is 2.42 bits per heavy atom. The van der Waals surface area contributed by atoms with Gasteiger partial charge in [0.1, 0.15) is 0 Å². The third kappa shape index (κ3) is 1.95. The van der Waals surface area contributed by atoms with Crippen LogP contribution in [-0.2, 0) is 0 Å². The van der Waals surface area contributed by atoms with Crippen LogP contribution in [0.3, 0.4) is 0 Å². The lowest BCUT2D eigenvalue weighted by Gasteiger charge is -2.19. The molecule has 0 aliphatic heterocycles. The fourth-order valence-electron chi connectivity index (χ4n) is 1.05. The first kappa shape index (κ1) is 9.00. The second-order valence-corrected chi connectivity index (χ2v) is 2.77. The lowest BCUT2D eigenvalue weighted by molar-refractivity contribution is 1.06. The molecule has 0 aliphatic carbocycles. The highest BCUT2D eigenvalue weighted by atomic mass is 32.1. The number of anilines is 1. The van der Waals surface area contributed by atoms with E-state index >= 15 is 0 Å². The van der Waals surface area contributed by atoms with Crippen LogP contribution in [0.2, 0.25) is 0 Å². The zero-order valence-electron chi connectivity index (χ0n) is 6.95. The lowest BCUT2D eigenvalue weighted by atomic mass is 10.3. The van der Waals surface area contributed by atoms with E-state index in [1.807, 2.05) is 37.3 Å². The standard InChI is InChI=1S/C9H11N2S/c1-2-11(9(10)12)8-6-4-3-5-7-8/h3-7,10H,2H2,1H3. The maximum absolute atomic E-state index is 7.33. The van der Waals surface area contributed by atoms with Crippen molar-refractivity contribution in [1.82, 2.24) is 5.73 Å². The van der Waals surface area contributed by atoms with Crippen LogP contribution in [0, 0.1) is 0 Å². The molecule has 0 saturated heterocycles. The number of benzene rings is 1. The number of hydrogen-bond acceptors (Lipinski definition) is 1. The summed E-state index contributed by atoms with van der Waals surface area (Å²) in [5.74, 6) is 0. The van der Waals surface area contributed by atoms with Gasteiger partial charge < -0.3 is 4.90 Å². The number of nitrogens with one attached hydrogen (secondary N) is 1. The van der Waals surface area contributed by atoms with Crippen LogP contribution in [-0.4, -0.2) is 11.7 Å². The van der Waals surface area contributed by atoms with Crippen LogP contribution < -0.4 is 10.6 Å². The Morgan fingerprint density at radius 1 is 1.42 bits per heavy atom. The monoisotopic (exact) mass is 179 g/mol. The molecule has 1 aromatic carbocycles. The largest absolute Gasteiger partial charge is 0.318 e. The van der Waals surface area contributed by atoms with Gasteiger partial charge in [0.2, 0.25) is 0 Å². The van der Waals surface area contributed by atoms with Gasteiger partial charge in [-0.25, -0.2) is 0 Å². The van der Waals surface area contributed by atoms with Gasteiger partial charge in [0.15, 0.2) is 5.11 Å². The van der Waals surface area contributed by atoms with Gasteiger partial charge in [0.05, 0.1) is 0 Å². The first-order chi connectivity index (χ1) is 5.75. The van der Waals surface area contributed by atoms with E-state index in [2.05, 4.69) is 0 Å². The first-order valence-electron chi connectivity index (χ1n) is 3.84. The molecule has 1 aromatic rings. The summed E-state index contributed by atoms with van der Waals surface area (Å²) in [5.41, 5.74) is 8.32. The molecule has 0 bridgehead atoms. The molecule has 1 rings (SSSR count). The van der Waals surface area contributed by atoms with E-state index in [0.29, 0.717) is 0 Å². The van der Waals surface area contributed by atoms with Crippen LogP contribution in [0.1, 0.15) is 6.92 Å².